The Hall–Kier alpha value is -3.37. The van der Waals surface area contributed by atoms with Gasteiger partial charge >= 0.3 is 6.36 Å². The third-order valence-electron chi connectivity index (χ3n) is 8.56. The summed E-state index contributed by atoms with van der Waals surface area (Å²) in [6, 6.07) is 3.08. The molecule has 40 heavy (non-hydrogen) atoms. The summed E-state index contributed by atoms with van der Waals surface area (Å²) < 4.78 is 43.4. The lowest BCUT2D eigenvalue weighted by Crippen LogP contribution is -2.47. The van der Waals surface area contributed by atoms with E-state index in [0.29, 0.717) is 5.57 Å². The number of hydrogen-bond acceptors (Lipinski definition) is 6. The van der Waals surface area contributed by atoms with E-state index in [1.54, 1.807) is 47.6 Å². The highest BCUT2D eigenvalue weighted by Gasteiger charge is 2.64. The maximum atomic E-state index is 13.9. The van der Waals surface area contributed by atoms with Crippen LogP contribution < -0.4 is 4.74 Å². The van der Waals surface area contributed by atoms with Crippen molar-refractivity contribution >= 4 is 23.6 Å². The van der Waals surface area contributed by atoms with Gasteiger partial charge in [-0.25, -0.2) is 0 Å². The van der Waals surface area contributed by atoms with E-state index in [9.17, 15) is 37.5 Å². The summed E-state index contributed by atoms with van der Waals surface area (Å²) in [6.07, 6.45) is -2.87. The van der Waals surface area contributed by atoms with Gasteiger partial charge in [-0.2, -0.15) is 0 Å². The Morgan fingerprint density at radius 3 is 1.90 bits per heavy atom. The third kappa shape index (κ3) is 4.28. The highest BCUT2D eigenvalue weighted by atomic mass is 19.4. The molecule has 8 nitrogen and oxygen atoms in total. The minimum absolute atomic E-state index is 0.00695. The second-order valence-corrected chi connectivity index (χ2v) is 13.2. The number of phenols is 1. The number of amides is 4. The fourth-order valence-electron chi connectivity index (χ4n) is 7.24. The zero-order valence-electron chi connectivity index (χ0n) is 23.2. The van der Waals surface area contributed by atoms with Crippen LogP contribution in [0, 0.1) is 29.6 Å². The average Bonchev–Trinajstić information content (AvgIpc) is 3.21. The minimum atomic E-state index is -4.99. The Morgan fingerprint density at radius 2 is 1.35 bits per heavy atom. The zero-order chi connectivity index (χ0) is 29.7. The Labute approximate surface area is 230 Å². The molecule has 1 saturated carbocycles. The number of likely N-dealkylation sites (tertiary alicyclic amines) is 2. The van der Waals surface area contributed by atoms with Gasteiger partial charge < -0.3 is 9.84 Å². The predicted octanol–water partition coefficient (Wildman–Crippen LogP) is 4.52. The van der Waals surface area contributed by atoms with Crippen LogP contribution in [0.15, 0.2) is 29.8 Å². The van der Waals surface area contributed by atoms with Crippen LogP contribution in [0.5, 0.6) is 11.5 Å². The standard InChI is InChI=1S/C29H33F3N2O6/c1-27(2,3)33-23(36)15-9-8-14-16(21(15)25(33)38)12-18-22(26(39)34(24(18)37)28(4,5)6)20(14)17-11-13(7-10-19(17)35)40-29(30,31)32/h7-8,10-11,15-16,18,20-22,35H,9,12H2,1-6H3. The van der Waals surface area contributed by atoms with Crippen molar-refractivity contribution in [3.05, 3.63) is 35.4 Å². The number of aromatic hydroxyl groups is 1. The number of nitrogens with zero attached hydrogens (tertiary/aromatic N) is 2. The molecule has 2 aliphatic heterocycles. The lowest BCUT2D eigenvalue weighted by molar-refractivity contribution is -0.274. The van der Waals surface area contributed by atoms with Crippen LogP contribution in [0.1, 0.15) is 65.9 Å². The molecule has 0 spiro atoms. The number of halogens is 3. The molecule has 6 unspecified atom stereocenters. The van der Waals surface area contributed by atoms with Crippen molar-refractivity contribution in [3.63, 3.8) is 0 Å². The summed E-state index contributed by atoms with van der Waals surface area (Å²) in [5.41, 5.74) is -1.06. The molecule has 2 saturated heterocycles. The molecular formula is C29H33F3N2O6. The number of alkyl halides is 3. The number of ether oxygens (including phenoxy) is 1. The molecule has 0 bridgehead atoms. The molecule has 216 valence electrons. The number of carbonyl (C=O) groups excluding carboxylic acids is 4. The van der Waals surface area contributed by atoms with Gasteiger partial charge in [0.2, 0.25) is 23.6 Å². The molecule has 4 aliphatic rings. The van der Waals surface area contributed by atoms with E-state index < -0.39 is 70.5 Å². The number of rotatable bonds is 2. The average molecular weight is 563 g/mol. The minimum Gasteiger partial charge on any atom is -0.508 e. The number of carbonyl (C=O) groups is 4. The van der Waals surface area contributed by atoms with Gasteiger partial charge in [-0.3, -0.25) is 29.0 Å². The van der Waals surface area contributed by atoms with Crippen LogP contribution in [0.2, 0.25) is 0 Å². The van der Waals surface area contributed by atoms with E-state index in [-0.39, 0.29) is 36.0 Å². The zero-order valence-corrected chi connectivity index (χ0v) is 23.2. The van der Waals surface area contributed by atoms with Gasteiger partial charge in [-0.05, 0) is 78.5 Å². The highest BCUT2D eigenvalue weighted by Crippen LogP contribution is 2.60. The van der Waals surface area contributed by atoms with Crippen LogP contribution in [-0.4, -0.2) is 56.0 Å². The molecule has 1 aromatic carbocycles. The van der Waals surface area contributed by atoms with Crippen molar-refractivity contribution in [3.8, 4) is 11.5 Å². The van der Waals surface area contributed by atoms with Crippen molar-refractivity contribution in [1.29, 1.82) is 0 Å². The topological polar surface area (TPSA) is 104 Å². The highest BCUT2D eigenvalue weighted by molar-refractivity contribution is 6.08. The van der Waals surface area contributed by atoms with Crippen molar-refractivity contribution in [1.82, 2.24) is 9.80 Å². The maximum Gasteiger partial charge on any atom is 0.573 e. The second kappa shape index (κ2) is 8.81. The van der Waals surface area contributed by atoms with Gasteiger partial charge in [-0.15, -0.1) is 13.2 Å². The SMILES string of the molecule is CC(C)(C)N1C(=O)C2CC=C3C(CC4C(=O)N(C(C)(C)C)C(=O)C4C3c3cc(OC(F)(F)F)ccc3O)C2C1=O. The molecule has 3 fully saturated rings. The monoisotopic (exact) mass is 562 g/mol. The Bertz CT molecular complexity index is 1340. The lowest BCUT2D eigenvalue weighted by Gasteiger charge is -2.44. The van der Waals surface area contributed by atoms with Gasteiger partial charge in [-0.1, -0.05) is 11.6 Å². The number of benzene rings is 1. The van der Waals surface area contributed by atoms with Crippen molar-refractivity contribution < 1.29 is 42.2 Å². The quantitative estimate of drug-likeness (QED) is 0.420. The summed E-state index contributed by atoms with van der Waals surface area (Å²) >= 11 is 0. The fraction of sp³-hybridized carbons (Fsp3) is 0.586. The first kappa shape index (κ1) is 28.2. The molecule has 5 rings (SSSR count). The first-order valence-electron chi connectivity index (χ1n) is 13.4. The molecule has 1 N–H and O–H groups in total. The van der Waals surface area contributed by atoms with E-state index in [1.165, 1.54) is 9.80 Å². The molecule has 0 radical (unpaired) electrons. The van der Waals surface area contributed by atoms with Crippen LogP contribution in [0.25, 0.3) is 0 Å². The summed E-state index contributed by atoms with van der Waals surface area (Å²) in [5.74, 6) is -7.42. The third-order valence-corrected chi connectivity index (χ3v) is 8.56. The molecule has 2 aliphatic carbocycles. The van der Waals surface area contributed by atoms with Gasteiger partial charge in [0.25, 0.3) is 0 Å². The second-order valence-electron chi connectivity index (χ2n) is 13.2. The summed E-state index contributed by atoms with van der Waals surface area (Å²) in [7, 11) is 0. The van der Waals surface area contributed by atoms with E-state index in [0.717, 1.165) is 18.2 Å². The molecule has 2 heterocycles. The van der Waals surface area contributed by atoms with Crippen molar-refractivity contribution in [2.24, 2.45) is 29.6 Å². The van der Waals surface area contributed by atoms with E-state index in [1.807, 2.05) is 0 Å². The van der Waals surface area contributed by atoms with Crippen LogP contribution in [0.3, 0.4) is 0 Å². The maximum absolute atomic E-state index is 13.9. The fourth-order valence-corrected chi connectivity index (χ4v) is 7.24. The van der Waals surface area contributed by atoms with Crippen LogP contribution in [0.4, 0.5) is 13.2 Å². The number of allylic oxidation sites excluding steroid dienone is 2. The number of hydrogen-bond donors (Lipinski definition) is 1. The van der Waals surface area contributed by atoms with Gasteiger partial charge in [0.1, 0.15) is 11.5 Å². The molecule has 6 atom stereocenters. The summed E-state index contributed by atoms with van der Waals surface area (Å²) in [4.78, 5) is 57.2. The Balaban J connectivity index is 1.67. The van der Waals surface area contributed by atoms with Gasteiger partial charge in [0, 0.05) is 22.6 Å². The van der Waals surface area contributed by atoms with Crippen molar-refractivity contribution in [2.45, 2.75) is 77.7 Å². The van der Waals surface area contributed by atoms with Crippen molar-refractivity contribution in [2.75, 3.05) is 0 Å². The summed E-state index contributed by atoms with van der Waals surface area (Å²) in [5, 5.41) is 10.9. The lowest BCUT2D eigenvalue weighted by atomic mass is 9.57. The first-order chi connectivity index (χ1) is 18.3. The molecule has 11 heteroatoms. The van der Waals surface area contributed by atoms with Crippen LogP contribution in [-0.2, 0) is 19.2 Å². The largest absolute Gasteiger partial charge is 0.573 e. The number of imide groups is 2. The summed E-state index contributed by atoms with van der Waals surface area (Å²) in [6.45, 7) is 10.4. The van der Waals surface area contributed by atoms with E-state index >= 15 is 0 Å². The number of phenolic OH excluding ortho intramolecular Hbond substituents is 1. The smallest absolute Gasteiger partial charge is 0.508 e. The Morgan fingerprint density at radius 1 is 0.800 bits per heavy atom. The predicted molar refractivity (Wildman–Crippen MR) is 136 cm³/mol. The van der Waals surface area contributed by atoms with E-state index in [2.05, 4.69) is 4.74 Å². The normalized spacial score (nSPS) is 30.8. The molecular weight excluding hydrogens is 529 g/mol. The van der Waals surface area contributed by atoms with Crippen LogP contribution >= 0.6 is 0 Å². The number of fused-ring (bicyclic) bond motifs is 4. The van der Waals surface area contributed by atoms with Gasteiger partial charge in [0.05, 0.1) is 23.7 Å². The van der Waals surface area contributed by atoms with Gasteiger partial charge in [0.15, 0.2) is 0 Å². The molecule has 4 amide bonds. The first-order valence-corrected chi connectivity index (χ1v) is 13.4. The molecule has 1 aromatic rings. The molecule has 0 aromatic heterocycles. The Kier molecular flexibility index (Phi) is 6.21. The van der Waals surface area contributed by atoms with E-state index in [4.69, 9.17) is 0 Å².